The molecule has 0 atom stereocenters. The lowest BCUT2D eigenvalue weighted by Gasteiger charge is -2.35. The van der Waals surface area contributed by atoms with Gasteiger partial charge in [-0.3, -0.25) is 4.90 Å². The number of nitrogens with one attached hydrogen (secondary N) is 1. The third kappa shape index (κ3) is 2.58. The molecule has 2 heterocycles. The molecule has 4 heteroatoms. The van der Waals surface area contributed by atoms with Crippen LogP contribution >= 0.6 is 0 Å². The van der Waals surface area contributed by atoms with E-state index in [0.29, 0.717) is 0 Å². The lowest BCUT2D eigenvalue weighted by molar-refractivity contribution is 0.200. The molecule has 1 aromatic heterocycles. The number of nitrogens with zero attached hydrogens (tertiary/aromatic N) is 3. The van der Waals surface area contributed by atoms with Gasteiger partial charge in [-0.2, -0.15) is 0 Å². The van der Waals surface area contributed by atoms with E-state index in [0.717, 1.165) is 38.2 Å². The van der Waals surface area contributed by atoms with Gasteiger partial charge in [0.15, 0.2) is 0 Å². The summed E-state index contributed by atoms with van der Waals surface area (Å²) in [7, 11) is 2.04. The summed E-state index contributed by atoms with van der Waals surface area (Å²) in [6.07, 6.45) is 1.89. The van der Waals surface area contributed by atoms with Crippen molar-refractivity contribution in [3.05, 3.63) is 30.1 Å². The van der Waals surface area contributed by atoms with E-state index in [4.69, 9.17) is 0 Å². The van der Waals surface area contributed by atoms with Crippen molar-refractivity contribution in [3.63, 3.8) is 0 Å². The van der Waals surface area contributed by atoms with E-state index < -0.39 is 0 Å². The van der Waals surface area contributed by atoms with Gasteiger partial charge in [-0.05, 0) is 17.7 Å². The second-order valence-electron chi connectivity index (χ2n) is 6.47. The number of benzene rings is 1. The van der Waals surface area contributed by atoms with Gasteiger partial charge in [0, 0.05) is 45.2 Å². The molecule has 0 unspecified atom stereocenters. The lowest BCUT2D eigenvalue weighted by Crippen LogP contribution is -2.47. The second kappa shape index (κ2) is 5.19. The molecule has 1 aromatic carbocycles. The highest BCUT2D eigenvalue weighted by Crippen LogP contribution is 2.27. The Morgan fingerprint density at radius 1 is 1.25 bits per heavy atom. The third-order valence-electron chi connectivity index (χ3n) is 4.34. The third-order valence-corrected chi connectivity index (χ3v) is 4.34. The maximum atomic E-state index is 4.48. The minimum Gasteiger partial charge on any atom is -0.334 e. The van der Waals surface area contributed by atoms with Crippen molar-refractivity contribution in [3.8, 4) is 0 Å². The van der Waals surface area contributed by atoms with Gasteiger partial charge in [0.1, 0.15) is 0 Å². The molecule has 0 radical (unpaired) electrons. The fourth-order valence-electron chi connectivity index (χ4n) is 3.08. The van der Waals surface area contributed by atoms with Gasteiger partial charge in [0.2, 0.25) is 0 Å². The van der Waals surface area contributed by atoms with Gasteiger partial charge in [0.25, 0.3) is 0 Å². The molecule has 20 heavy (non-hydrogen) atoms. The summed E-state index contributed by atoms with van der Waals surface area (Å²) < 4.78 is 2.07. The van der Waals surface area contributed by atoms with Crippen molar-refractivity contribution in [2.45, 2.75) is 19.3 Å². The van der Waals surface area contributed by atoms with Crippen LogP contribution in [0.3, 0.4) is 0 Å². The van der Waals surface area contributed by atoms with Crippen molar-refractivity contribution >= 4 is 11.0 Å². The topological polar surface area (TPSA) is 33.1 Å². The van der Waals surface area contributed by atoms with Crippen LogP contribution in [0.15, 0.2) is 24.5 Å². The van der Waals surface area contributed by atoms with E-state index in [-0.39, 0.29) is 5.41 Å². The number of fused-ring (bicyclic) bond motifs is 1. The van der Waals surface area contributed by atoms with E-state index in [1.807, 2.05) is 13.4 Å². The van der Waals surface area contributed by atoms with Crippen molar-refractivity contribution in [1.29, 1.82) is 0 Å². The number of hydrogen-bond donors (Lipinski definition) is 1. The fourth-order valence-corrected chi connectivity index (χ4v) is 3.08. The molecule has 0 bridgehead atoms. The Hall–Kier alpha value is -1.39. The van der Waals surface area contributed by atoms with Crippen LogP contribution in [0, 0.1) is 0 Å². The summed E-state index contributed by atoms with van der Waals surface area (Å²) >= 11 is 0. The number of aromatic nitrogens is 2. The van der Waals surface area contributed by atoms with E-state index in [2.05, 4.69) is 51.8 Å². The standard InChI is InChI=1S/C16H24N4/c1-16(2,11-20-8-6-17-7-9-20)13-4-5-15-14(10-13)18-12-19(15)3/h4-5,10,12,17H,6-9,11H2,1-3H3. The normalized spacial score (nSPS) is 17.8. The van der Waals surface area contributed by atoms with Crippen molar-refractivity contribution in [2.24, 2.45) is 7.05 Å². The highest BCUT2D eigenvalue weighted by molar-refractivity contribution is 5.76. The Morgan fingerprint density at radius 3 is 2.75 bits per heavy atom. The first-order chi connectivity index (χ1) is 9.56. The van der Waals surface area contributed by atoms with Crippen LogP contribution in [0.4, 0.5) is 0 Å². The Morgan fingerprint density at radius 2 is 2.00 bits per heavy atom. The van der Waals surface area contributed by atoms with E-state index in [1.54, 1.807) is 0 Å². The smallest absolute Gasteiger partial charge is 0.0955 e. The Bertz CT molecular complexity index is 594. The predicted molar refractivity (Wildman–Crippen MR) is 83.0 cm³/mol. The minimum absolute atomic E-state index is 0.156. The van der Waals surface area contributed by atoms with Crippen molar-refractivity contribution in [1.82, 2.24) is 19.8 Å². The molecule has 2 aromatic rings. The molecule has 1 saturated heterocycles. The van der Waals surface area contributed by atoms with Crippen LogP contribution in [0.2, 0.25) is 0 Å². The van der Waals surface area contributed by atoms with Crippen LogP contribution in [-0.4, -0.2) is 47.2 Å². The van der Waals surface area contributed by atoms with Gasteiger partial charge in [0.05, 0.1) is 17.4 Å². The number of aryl methyl sites for hydroxylation is 1. The largest absolute Gasteiger partial charge is 0.334 e. The molecule has 0 aliphatic carbocycles. The molecule has 108 valence electrons. The minimum atomic E-state index is 0.156. The highest BCUT2D eigenvalue weighted by atomic mass is 15.2. The zero-order chi connectivity index (χ0) is 14.2. The number of piperazine rings is 1. The quantitative estimate of drug-likeness (QED) is 0.924. The second-order valence-corrected chi connectivity index (χ2v) is 6.47. The first-order valence-electron chi connectivity index (χ1n) is 7.41. The first-order valence-corrected chi connectivity index (χ1v) is 7.41. The molecule has 0 amide bonds. The molecule has 0 spiro atoms. The number of imidazole rings is 1. The van der Waals surface area contributed by atoms with Gasteiger partial charge in [-0.25, -0.2) is 4.98 Å². The lowest BCUT2D eigenvalue weighted by atomic mass is 9.83. The van der Waals surface area contributed by atoms with Crippen LogP contribution in [0.1, 0.15) is 19.4 Å². The average molecular weight is 272 g/mol. The van der Waals surface area contributed by atoms with E-state index >= 15 is 0 Å². The maximum Gasteiger partial charge on any atom is 0.0955 e. The monoisotopic (exact) mass is 272 g/mol. The molecule has 0 saturated carbocycles. The Balaban J connectivity index is 1.83. The Labute approximate surface area is 120 Å². The van der Waals surface area contributed by atoms with Gasteiger partial charge in [-0.15, -0.1) is 0 Å². The summed E-state index contributed by atoms with van der Waals surface area (Å²) in [6.45, 7) is 10.3. The summed E-state index contributed by atoms with van der Waals surface area (Å²) in [4.78, 5) is 7.03. The summed E-state index contributed by atoms with van der Waals surface area (Å²) in [5.41, 5.74) is 3.83. The molecule has 1 N–H and O–H groups in total. The van der Waals surface area contributed by atoms with Gasteiger partial charge in [-0.1, -0.05) is 19.9 Å². The van der Waals surface area contributed by atoms with Crippen LogP contribution in [0.25, 0.3) is 11.0 Å². The van der Waals surface area contributed by atoms with Gasteiger partial charge < -0.3 is 9.88 Å². The highest BCUT2D eigenvalue weighted by Gasteiger charge is 2.25. The van der Waals surface area contributed by atoms with Crippen molar-refractivity contribution < 1.29 is 0 Å². The summed E-state index contributed by atoms with van der Waals surface area (Å²) in [5, 5.41) is 3.41. The predicted octanol–water partition coefficient (Wildman–Crippen LogP) is 1.76. The van der Waals surface area contributed by atoms with E-state index in [9.17, 15) is 0 Å². The van der Waals surface area contributed by atoms with Crippen LogP contribution < -0.4 is 5.32 Å². The maximum absolute atomic E-state index is 4.48. The number of hydrogen-bond acceptors (Lipinski definition) is 3. The van der Waals surface area contributed by atoms with Gasteiger partial charge >= 0.3 is 0 Å². The molecule has 4 nitrogen and oxygen atoms in total. The van der Waals surface area contributed by atoms with Crippen molar-refractivity contribution in [2.75, 3.05) is 32.7 Å². The Kier molecular flexibility index (Phi) is 3.52. The first kappa shape index (κ1) is 13.6. The summed E-state index contributed by atoms with van der Waals surface area (Å²) in [6, 6.07) is 6.70. The summed E-state index contributed by atoms with van der Waals surface area (Å²) in [5.74, 6) is 0. The SMILES string of the molecule is Cn1cnc2cc(C(C)(C)CN3CCNCC3)ccc21. The molecule has 3 rings (SSSR count). The zero-order valence-corrected chi connectivity index (χ0v) is 12.7. The average Bonchev–Trinajstić information content (AvgIpc) is 2.81. The number of rotatable bonds is 3. The molecule has 1 fully saturated rings. The van der Waals surface area contributed by atoms with Crippen LogP contribution in [0.5, 0.6) is 0 Å². The molecular weight excluding hydrogens is 248 g/mol. The zero-order valence-electron chi connectivity index (χ0n) is 12.7. The molecular formula is C16H24N4. The fraction of sp³-hybridized carbons (Fsp3) is 0.562. The van der Waals surface area contributed by atoms with Crippen LogP contribution in [-0.2, 0) is 12.5 Å². The van der Waals surface area contributed by atoms with E-state index in [1.165, 1.54) is 11.1 Å². The molecule has 1 aliphatic rings. The molecule has 1 aliphatic heterocycles.